The van der Waals surface area contributed by atoms with Crippen molar-refractivity contribution in [2.45, 2.75) is 13.0 Å². The summed E-state index contributed by atoms with van der Waals surface area (Å²) in [6.07, 6.45) is -0.898. The molecule has 2 aromatic carbocycles. The van der Waals surface area contributed by atoms with Gasteiger partial charge in [0.15, 0.2) is 0 Å². The number of carbonyl (C=O) groups excluding carboxylic acids is 1. The van der Waals surface area contributed by atoms with Crippen LogP contribution in [0.15, 0.2) is 65.8 Å². The monoisotopic (exact) mass is 268 g/mol. The maximum absolute atomic E-state index is 11.0. The number of hydrazone groups is 1. The molecule has 102 valence electrons. The highest BCUT2D eigenvalue weighted by atomic mass is 16.3. The summed E-state index contributed by atoms with van der Waals surface area (Å²) in [7, 11) is 0. The van der Waals surface area contributed by atoms with Gasteiger partial charge in [0.25, 0.3) is 0 Å². The smallest absolute Gasteiger partial charge is 0.236 e. The van der Waals surface area contributed by atoms with E-state index in [2.05, 4.69) is 10.5 Å². The van der Waals surface area contributed by atoms with Crippen molar-refractivity contribution in [2.24, 2.45) is 5.10 Å². The van der Waals surface area contributed by atoms with Crippen molar-refractivity contribution in [3.05, 3.63) is 71.8 Å². The van der Waals surface area contributed by atoms with Crippen molar-refractivity contribution in [1.29, 1.82) is 0 Å². The van der Waals surface area contributed by atoms with Crippen molar-refractivity contribution < 1.29 is 9.90 Å². The Balaban J connectivity index is 2.37. The first-order valence-corrected chi connectivity index (χ1v) is 6.31. The van der Waals surface area contributed by atoms with E-state index in [0.717, 1.165) is 11.1 Å². The second-order valence-electron chi connectivity index (χ2n) is 4.34. The quantitative estimate of drug-likeness (QED) is 0.660. The molecule has 20 heavy (non-hydrogen) atoms. The second-order valence-corrected chi connectivity index (χ2v) is 4.34. The van der Waals surface area contributed by atoms with Gasteiger partial charge in [0.2, 0.25) is 5.91 Å². The molecule has 0 aliphatic heterocycles. The summed E-state index contributed by atoms with van der Waals surface area (Å²) in [6.45, 7) is 1.38. The Morgan fingerprint density at radius 2 is 1.60 bits per heavy atom. The number of nitrogens with one attached hydrogen (secondary N) is 1. The van der Waals surface area contributed by atoms with Crippen molar-refractivity contribution in [3.8, 4) is 0 Å². The molecule has 0 spiro atoms. The molecule has 0 saturated heterocycles. The van der Waals surface area contributed by atoms with Crippen molar-refractivity contribution in [1.82, 2.24) is 5.43 Å². The Bertz CT molecular complexity index is 594. The van der Waals surface area contributed by atoms with Crippen LogP contribution in [0, 0.1) is 0 Å². The van der Waals surface area contributed by atoms with Crippen LogP contribution in [0.2, 0.25) is 0 Å². The molecule has 0 aromatic heterocycles. The summed E-state index contributed by atoms with van der Waals surface area (Å²) in [5.74, 6) is -0.279. The molecular formula is C16H16N2O2. The summed E-state index contributed by atoms with van der Waals surface area (Å²) < 4.78 is 0. The predicted octanol–water partition coefficient (Wildman–Crippen LogP) is 2.26. The molecule has 4 heteroatoms. The lowest BCUT2D eigenvalue weighted by Gasteiger charge is -2.14. The van der Waals surface area contributed by atoms with Crippen LogP contribution in [-0.4, -0.2) is 16.7 Å². The molecule has 2 aromatic rings. The second kappa shape index (κ2) is 6.63. The summed E-state index contributed by atoms with van der Waals surface area (Å²) in [5.41, 5.74) is 4.28. The highest BCUT2D eigenvalue weighted by molar-refractivity contribution is 6.04. The first-order chi connectivity index (χ1) is 9.68. The van der Waals surface area contributed by atoms with Gasteiger partial charge in [0.05, 0.1) is 0 Å². The lowest BCUT2D eigenvalue weighted by molar-refractivity contribution is -0.118. The zero-order valence-corrected chi connectivity index (χ0v) is 11.2. The minimum atomic E-state index is -0.898. The van der Waals surface area contributed by atoms with Crippen molar-refractivity contribution >= 4 is 11.6 Å². The molecule has 0 aliphatic rings. The normalized spacial score (nSPS) is 12.8. The van der Waals surface area contributed by atoms with E-state index >= 15 is 0 Å². The number of carbonyl (C=O) groups is 1. The van der Waals surface area contributed by atoms with Crippen LogP contribution >= 0.6 is 0 Å². The Morgan fingerprint density at radius 1 is 1.05 bits per heavy atom. The third kappa shape index (κ3) is 3.52. The van der Waals surface area contributed by atoms with Crippen LogP contribution in [0.3, 0.4) is 0 Å². The Labute approximate surface area is 117 Å². The van der Waals surface area contributed by atoms with Gasteiger partial charge in [-0.1, -0.05) is 60.7 Å². The number of hydrogen-bond donors (Lipinski definition) is 2. The van der Waals surface area contributed by atoms with Crippen LogP contribution < -0.4 is 5.43 Å². The maximum atomic E-state index is 11.0. The molecule has 1 amide bonds. The van der Waals surface area contributed by atoms with E-state index in [1.54, 1.807) is 0 Å². The molecule has 0 heterocycles. The van der Waals surface area contributed by atoms with Gasteiger partial charge in [0.1, 0.15) is 11.8 Å². The van der Waals surface area contributed by atoms with Gasteiger partial charge in [-0.3, -0.25) is 4.79 Å². The maximum Gasteiger partial charge on any atom is 0.236 e. The van der Waals surface area contributed by atoms with Crippen molar-refractivity contribution in [3.63, 3.8) is 0 Å². The molecule has 0 unspecified atom stereocenters. The molecule has 0 fully saturated rings. The SMILES string of the molecule is CC(=O)N/N=C(\c1ccccc1)[C@@H](O)c1ccccc1. The Hall–Kier alpha value is -2.46. The van der Waals surface area contributed by atoms with Crippen LogP contribution in [0.5, 0.6) is 0 Å². The highest BCUT2D eigenvalue weighted by Crippen LogP contribution is 2.18. The Morgan fingerprint density at radius 3 is 2.15 bits per heavy atom. The number of nitrogens with zero attached hydrogens (tertiary/aromatic N) is 1. The minimum absolute atomic E-state index is 0.279. The first kappa shape index (κ1) is 14.0. The standard InChI is InChI=1S/C16H16N2O2/c1-12(19)17-18-15(13-8-4-2-5-9-13)16(20)14-10-6-3-7-11-14/h2-11,16,20H,1H3,(H,17,19)/b18-15+/t16-/m0/s1. The van der Waals surface area contributed by atoms with Gasteiger partial charge in [-0.25, -0.2) is 5.43 Å². The van der Waals surface area contributed by atoms with Gasteiger partial charge < -0.3 is 5.11 Å². The van der Waals surface area contributed by atoms with E-state index in [-0.39, 0.29) is 5.91 Å². The van der Waals surface area contributed by atoms with Gasteiger partial charge in [-0.05, 0) is 5.56 Å². The number of rotatable bonds is 4. The van der Waals surface area contributed by atoms with E-state index in [9.17, 15) is 9.90 Å². The molecule has 0 saturated carbocycles. The average molecular weight is 268 g/mol. The molecule has 0 aliphatic carbocycles. The summed E-state index contributed by atoms with van der Waals surface area (Å²) in [5, 5.41) is 14.5. The number of amides is 1. The highest BCUT2D eigenvalue weighted by Gasteiger charge is 2.17. The molecule has 0 radical (unpaired) electrons. The zero-order chi connectivity index (χ0) is 14.4. The van der Waals surface area contributed by atoms with Gasteiger partial charge >= 0.3 is 0 Å². The first-order valence-electron chi connectivity index (χ1n) is 6.31. The number of benzene rings is 2. The summed E-state index contributed by atoms with van der Waals surface area (Å²) in [6, 6.07) is 18.5. The molecule has 1 atom stereocenters. The van der Waals surface area contributed by atoms with Crippen LogP contribution in [0.25, 0.3) is 0 Å². The topological polar surface area (TPSA) is 61.7 Å². The Kier molecular flexibility index (Phi) is 4.63. The van der Waals surface area contributed by atoms with Crippen LogP contribution in [0.4, 0.5) is 0 Å². The molecule has 0 bridgehead atoms. The van der Waals surface area contributed by atoms with E-state index in [0.29, 0.717) is 5.71 Å². The predicted molar refractivity (Wildman–Crippen MR) is 78.2 cm³/mol. The number of aliphatic hydroxyl groups is 1. The lowest BCUT2D eigenvalue weighted by Crippen LogP contribution is -2.21. The zero-order valence-electron chi connectivity index (χ0n) is 11.2. The molecule has 2 rings (SSSR count). The van der Waals surface area contributed by atoms with Crippen LogP contribution in [-0.2, 0) is 4.79 Å². The largest absolute Gasteiger partial charge is 0.382 e. The lowest BCUT2D eigenvalue weighted by atomic mass is 9.99. The van der Waals surface area contributed by atoms with E-state index in [1.807, 2.05) is 60.7 Å². The molecule has 2 N–H and O–H groups in total. The fourth-order valence-electron chi connectivity index (χ4n) is 1.82. The van der Waals surface area contributed by atoms with E-state index < -0.39 is 6.10 Å². The van der Waals surface area contributed by atoms with Gasteiger partial charge in [-0.15, -0.1) is 0 Å². The van der Waals surface area contributed by atoms with E-state index in [4.69, 9.17) is 0 Å². The van der Waals surface area contributed by atoms with Crippen molar-refractivity contribution in [2.75, 3.05) is 0 Å². The number of aliphatic hydroxyl groups excluding tert-OH is 1. The fraction of sp³-hybridized carbons (Fsp3) is 0.125. The molecule has 4 nitrogen and oxygen atoms in total. The van der Waals surface area contributed by atoms with Gasteiger partial charge in [0, 0.05) is 12.5 Å². The van der Waals surface area contributed by atoms with E-state index in [1.165, 1.54) is 6.92 Å². The fourth-order valence-corrected chi connectivity index (χ4v) is 1.82. The van der Waals surface area contributed by atoms with Crippen LogP contribution in [0.1, 0.15) is 24.2 Å². The average Bonchev–Trinajstić information content (AvgIpc) is 2.49. The van der Waals surface area contributed by atoms with Gasteiger partial charge in [-0.2, -0.15) is 5.10 Å². The summed E-state index contributed by atoms with van der Waals surface area (Å²) in [4.78, 5) is 11.0. The molecular weight excluding hydrogens is 252 g/mol. The third-order valence-electron chi connectivity index (χ3n) is 2.78. The summed E-state index contributed by atoms with van der Waals surface area (Å²) >= 11 is 0. The minimum Gasteiger partial charge on any atom is -0.382 e. The third-order valence-corrected chi connectivity index (χ3v) is 2.78. The number of hydrogen-bond acceptors (Lipinski definition) is 3.